The smallest absolute Gasteiger partial charge is 0.196 e. The quantitative estimate of drug-likeness (QED) is 0.760. The van der Waals surface area contributed by atoms with Gasteiger partial charge in [0.2, 0.25) is 0 Å². The summed E-state index contributed by atoms with van der Waals surface area (Å²) in [4.78, 5) is 34.2. The largest absolute Gasteiger partial charge is 0.380 e. The summed E-state index contributed by atoms with van der Waals surface area (Å²) in [6, 6.07) is 3.00. The van der Waals surface area contributed by atoms with Gasteiger partial charge in [0.1, 0.15) is 6.10 Å². The van der Waals surface area contributed by atoms with E-state index in [9.17, 15) is 19.5 Å². The van der Waals surface area contributed by atoms with E-state index >= 15 is 0 Å². The highest BCUT2D eigenvalue weighted by Gasteiger charge is 2.39. The van der Waals surface area contributed by atoms with Crippen molar-refractivity contribution in [1.82, 2.24) is 0 Å². The third kappa shape index (κ3) is 1.23. The average Bonchev–Trinajstić information content (AvgIpc) is 2.25. The maximum absolute atomic E-state index is 11.4. The van der Waals surface area contributed by atoms with Crippen LogP contribution in [0.25, 0.3) is 0 Å². The molecule has 1 aliphatic carbocycles. The first-order chi connectivity index (χ1) is 7.45. The molecule has 0 heterocycles. The molecule has 0 spiro atoms. The molecule has 1 aromatic carbocycles. The molecule has 16 heavy (non-hydrogen) atoms. The van der Waals surface area contributed by atoms with Gasteiger partial charge in [-0.25, -0.2) is 0 Å². The average molecular weight is 218 g/mol. The summed E-state index contributed by atoms with van der Waals surface area (Å²) in [5, 5.41) is 9.36. The van der Waals surface area contributed by atoms with Gasteiger partial charge in [-0.2, -0.15) is 0 Å². The van der Waals surface area contributed by atoms with Gasteiger partial charge < -0.3 is 5.11 Å². The van der Waals surface area contributed by atoms with E-state index in [0.29, 0.717) is 5.56 Å². The minimum absolute atomic E-state index is 0.139. The van der Waals surface area contributed by atoms with Crippen molar-refractivity contribution in [3.05, 3.63) is 34.4 Å². The number of rotatable bonds is 2. The molecule has 0 bridgehead atoms. The van der Waals surface area contributed by atoms with Gasteiger partial charge in [0.05, 0.1) is 0 Å². The molecule has 4 nitrogen and oxygen atoms in total. The maximum atomic E-state index is 11.4. The number of ketones is 3. The molecular weight excluding hydrogens is 208 g/mol. The zero-order valence-corrected chi connectivity index (χ0v) is 8.90. The Bertz CT molecular complexity index is 528. The third-order valence-electron chi connectivity index (χ3n) is 2.76. The van der Waals surface area contributed by atoms with Crippen LogP contribution in [0.15, 0.2) is 12.1 Å². The van der Waals surface area contributed by atoms with E-state index in [4.69, 9.17) is 0 Å². The number of aliphatic hydroxyl groups is 1. The highest BCUT2D eigenvalue weighted by molar-refractivity contribution is 6.20. The predicted molar refractivity (Wildman–Crippen MR) is 55.7 cm³/mol. The predicted octanol–water partition coefficient (Wildman–Crippen LogP) is 1.32. The number of carbonyl (C=O) groups excluding carboxylic acids is 3. The number of Topliss-reactive ketones (excluding diaryl/α,β-unsaturated/α-hetero) is 3. The molecule has 0 amide bonds. The number of aliphatic hydroxyl groups excluding tert-OH is 1. The monoisotopic (exact) mass is 218 g/mol. The first-order valence-electron chi connectivity index (χ1n) is 4.86. The summed E-state index contributed by atoms with van der Waals surface area (Å²) < 4.78 is 0. The van der Waals surface area contributed by atoms with Gasteiger partial charge in [0.15, 0.2) is 17.3 Å². The molecule has 0 fully saturated rings. The van der Waals surface area contributed by atoms with E-state index in [0.717, 1.165) is 0 Å². The molecule has 0 saturated heterocycles. The summed E-state index contributed by atoms with van der Waals surface area (Å²) in [7, 11) is 0. The Morgan fingerprint density at radius 2 is 1.81 bits per heavy atom. The van der Waals surface area contributed by atoms with Crippen molar-refractivity contribution in [3.8, 4) is 0 Å². The second-order valence-corrected chi connectivity index (χ2v) is 3.83. The second kappa shape index (κ2) is 3.35. The second-order valence-electron chi connectivity index (χ2n) is 3.83. The number of carbonyl (C=O) groups is 3. The Morgan fingerprint density at radius 1 is 1.19 bits per heavy atom. The van der Waals surface area contributed by atoms with E-state index in [-0.39, 0.29) is 28.3 Å². The minimum atomic E-state index is -1.14. The molecule has 1 aromatic rings. The van der Waals surface area contributed by atoms with E-state index in [1.165, 1.54) is 26.0 Å². The van der Waals surface area contributed by atoms with Crippen LogP contribution in [0.3, 0.4) is 0 Å². The number of fused-ring (bicyclic) bond motifs is 1. The molecule has 1 N–H and O–H groups in total. The molecule has 0 saturated carbocycles. The fourth-order valence-electron chi connectivity index (χ4n) is 1.97. The van der Waals surface area contributed by atoms with Gasteiger partial charge in [-0.15, -0.1) is 0 Å². The normalized spacial score (nSPS) is 17.7. The third-order valence-corrected chi connectivity index (χ3v) is 2.76. The van der Waals surface area contributed by atoms with Crippen LogP contribution < -0.4 is 0 Å². The fraction of sp³-hybridized carbons (Fsp3) is 0.250. The molecular formula is C12H10O4. The Labute approximate surface area is 91.9 Å². The van der Waals surface area contributed by atoms with Crippen molar-refractivity contribution < 1.29 is 19.5 Å². The lowest BCUT2D eigenvalue weighted by atomic mass is 9.77. The van der Waals surface area contributed by atoms with Crippen molar-refractivity contribution in [2.45, 2.75) is 20.0 Å². The van der Waals surface area contributed by atoms with Crippen molar-refractivity contribution in [2.75, 3.05) is 0 Å². The summed E-state index contributed by atoms with van der Waals surface area (Å²) in [6.45, 7) is 2.65. The summed E-state index contributed by atoms with van der Waals surface area (Å²) in [6.07, 6.45) is -1.14. The van der Waals surface area contributed by atoms with Gasteiger partial charge in [-0.05, 0) is 19.4 Å². The molecule has 4 heteroatoms. The van der Waals surface area contributed by atoms with E-state index in [2.05, 4.69) is 0 Å². The summed E-state index contributed by atoms with van der Waals surface area (Å²) >= 11 is 0. The van der Waals surface area contributed by atoms with Gasteiger partial charge >= 0.3 is 0 Å². The maximum Gasteiger partial charge on any atom is 0.196 e. The number of hydrogen-bond acceptors (Lipinski definition) is 4. The van der Waals surface area contributed by atoms with Crippen LogP contribution in [0.1, 0.15) is 56.6 Å². The van der Waals surface area contributed by atoms with Crippen LogP contribution in [0.5, 0.6) is 0 Å². The summed E-state index contributed by atoms with van der Waals surface area (Å²) in [5.41, 5.74) is 1.01. The molecule has 1 unspecified atom stereocenters. The highest BCUT2D eigenvalue weighted by Crippen LogP contribution is 2.37. The molecule has 0 aliphatic heterocycles. The first kappa shape index (κ1) is 10.7. The molecule has 82 valence electrons. The SMILES string of the molecule is CC(=O)c1ccc2c(c1C(C)=O)C(=O)C2O. The van der Waals surface area contributed by atoms with Gasteiger partial charge in [-0.3, -0.25) is 14.4 Å². The molecule has 2 rings (SSSR count). The van der Waals surface area contributed by atoms with Crippen molar-refractivity contribution >= 4 is 17.3 Å². The van der Waals surface area contributed by atoms with Crippen LogP contribution in [-0.2, 0) is 0 Å². The molecule has 0 radical (unpaired) electrons. The van der Waals surface area contributed by atoms with E-state index in [1.54, 1.807) is 0 Å². The molecule has 1 atom stereocenters. The Balaban J connectivity index is 2.75. The highest BCUT2D eigenvalue weighted by atomic mass is 16.3. The first-order valence-corrected chi connectivity index (χ1v) is 4.86. The Morgan fingerprint density at radius 3 is 2.31 bits per heavy atom. The lowest BCUT2D eigenvalue weighted by Gasteiger charge is -2.26. The topological polar surface area (TPSA) is 71.4 Å². The van der Waals surface area contributed by atoms with Crippen LogP contribution in [0.4, 0.5) is 0 Å². The van der Waals surface area contributed by atoms with Crippen molar-refractivity contribution in [1.29, 1.82) is 0 Å². The lowest BCUT2D eigenvalue weighted by molar-refractivity contribution is 0.0668. The minimum Gasteiger partial charge on any atom is -0.380 e. The van der Waals surface area contributed by atoms with Crippen LogP contribution in [0, 0.1) is 0 Å². The Kier molecular flexibility index (Phi) is 2.24. The van der Waals surface area contributed by atoms with E-state index < -0.39 is 11.9 Å². The van der Waals surface area contributed by atoms with Crippen molar-refractivity contribution in [2.24, 2.45) is 0 Å². The van der Waals surface area contributed by atoms with Gasteiger partial charge in [0.25, 0.3) is 0 Å². The lowest BCUT2D eigenvalue weighted by Crippen LogP contribution is -2.30. The Hall–Kier alpha value is -1.81. The number of benzene rings is 1. The van der Waals surface area contributed by atoms with Gasteiger partial charge in [-0.1, -0.05) is 12.1 Å². The fourth-order valence-corrected chi connectivity index (χ4v) is 1.97. The standard InChI is InChI=1S/C12H10O4/c1-5(13)7-3-4-8-10(9(7)6(2)14)12(16)11(8)15/h3-4,11,15H,1-2H3. The summed E-state index contributed by atoms with van der Waals surface area (Å²) in [5.74, 6) is -1.08. The zero-order chi connectivity index (χ0) is 12.0. The van der Waals surface area contributed by atoms with E-state index in [1.807, 2.05) is 0 Å². The van der Waals surface area contributed by atoms with Crippen LogP contribution in [-0.4, -0.2) is 22.5 Å². The number of hydrogen-bond donors (Lipinski definition) is 1. The van der Waals surface area contributed by atoms with Crippen LogP contribution >= 0.6 is 0 Å². The molecule has 0 aromatic heterocycles. The van der Waals surface area contributed by atoms with Crippen LogP contribution in [0.2, 0.25) is 0 Å². The zero-order valence-electron chi connectivity index (χ0n) is 8.90. The van der Waals surface area contributed by atoms with Gasteiger partial charge in [0, 0.05) is 16.7 Å². The molecule has 1 aliphatic rings. The van der Waals surface area contributed by atoms with Crippen molar-refractivity contribution in [3.63, 3.8) is 0 Å².